The normalized spacial score (nSPS) is 11.1. The van der Waals surface area contributed by atoms with E-state index in [1.807, 2.05) is 0 Å². The van der Waals surface area contributed by atoms with Crippen molar-refractivity contribution in [2.45, 2.75) is 0 Å². The smallest absolute Gasteiger partial charge is 0.190 e. The SMILES string of the molecule is [B]c1cc(F)c(-c2c(=O)ccn3c(-c4ccc(F)cc4)cccc23)c(F)c1. The van der Waals surface area contributed by atoms with E-state index in [4.69, 9.17) is 7.85 Å². The van der Waals surface area contributed by atoms with Crippen LogP contribution < -0.4 is 10.9 Å². The topological polar surface area (TPSA) is 21.5 Å². The van der Waals surface area contributed by atoms with Gasteiger partial charge in [0.1, 0.15) is 25.3 Å². The third-order valence-corrected chi connectivity index (χ3v) is 4.36. The summed E-state index contributed by atoms with van der Waals surface area (Å²) < 4.78 is 43.8. The number of fused-ring (bicyclic) bond motifs is 1. The summed E-state index contributed by atoms with van der Waals surface area (Å²) in [7, 11) is 5.48. The Morgan fingerprint density at radius 1 is 0.815 bits per heavy atom. The van der Waals surface area contributed by atoms with Crippen molar-refractivity contribution in [3.63, 3.8) is 0 Å². The van der Waals surface area contributed by atoms with E-state index in [9.17, 15) is 18.0 Å². The van der Waals surface area contributed by atoms with E-state index in [-0.39, 0.29) is 16.8 Å². The van der Waals surface area contributed by atoms with Crippen molar-refractivity contribution < 1.29 is 13.2 Å². The van der Waals surface area contributed by atoms with Crippen LogP contribution in [0.2, 0.25) is 0 Å². The fourth-order valence-corrected chi connectivity index (χ4v) is 3.18. The first kappa shape index (κ1) is 17.2. The van der Waals surface area contributed by atoms with Crippen LogP contribution in [0.3, 0.4) is 0 Å². The molecule has 0 fully saturated rings. The molecule has 6 heteroatoms. The van der Waals surface area contributed by atoms with Crippen LogP contribution in [0.1, 0.15) is 0 Å². The number of aromatic nitrogens is 1. The minimum absolute atomic E-state index is 0.0684. The van der Waals surface area contributed by atoms with Crippen LogP contribution in [0.15, 0.2) is 71.7 Å². The first-order chi connectivity index (χ1) is 13.0. The van der Waals surface area contributed by atoms with Gasteiger partial charge in [-0.15, -0.1) is 0 Å². The molecule has 0 aliphatic heterocycles. The molecule has 0 N–H and O–H groups in total. The van der Waals surface area contributed by atoms with Gasteiger partial charge in [0.2, 0.25) is 0 Å². The van der Waals surface area contributed by atoms with Gasteiger partial charge in [-0.3, -0.25) is 4.79 Å². The van der Waals surface area contributed by atoms with Gasteiger partial charge in [0.15, 0.2) is 5.43 Å². The van der Waals surface area contributed by atoms with Crippen LogP contribution in [-0.4, -0.2) is 12.2 Å². The highest BCUT2D eigenvalue weighted by Gasteiger charge is 2.19. The van der Waals surface area contributed by atoms with Gasteiger partial charge in [0.05, 0.1) is 22.3 Å². The number of rotatable bonds is 2. The van der Waals surface area contributed by atoms with Crippen molar-refractivity contribution >= 4 is 18.8 Å². The zero-order chi connectivity index (χ0) is 19.1. The molecule has 0 bridgehead atoms. The van der Waals surface area contributed by atoms with Crippen LogP contribution in [0, 0.1) is 17.5 Å². The van der Waals surface area contributed by atoms with Gasteiger partial charge >= 0.3 is 0 Å². The van der Waals surface area contributed by atoms with Crippen LogP contribution in [0.5, 0.6) is 0 Å². The van der Waals surface area contributed by atoms with Crippen LogP contribution in [0.25, 0.3) is 27.9 Å². The van der Waals surface area contributed by atoms with Gasteiger partial charge < -0.3 is 4.40 Å². The third-order valence-electron chi connectivity index (χ3n) is 4.36. The Kier molecular flexibility index (Phi) is 4.11. The number of halogens is 3. The number of benzene rings is 2. The highest BCUT2D eigenvalue weighted by Crippen LogP contribution is 2.29. The molecule has 0 saturated carbocycles. The number of pyridine rings is 2. The molecular weight excluding hydrogens is 350 g/mol. The quantitative estimate of drug-likeness (QED) is 0.497. The lowest BCUT2D eigenvalue weighted by Gasteiger charge is -2.14. The van der Waals surface area contributed by atoms with E-state index in [1.54, 1.807) is 34.7 Å². The molecule has 2 aromatic heterocycles. The second-order valence-corrected chi connectivity index (χ2v) is 6.09. The van der Waals surface area contributed by atoms with E-state index in [0.29, 0.717) is 16.8 Å². The predicted molar refractivity (Wildman–Crippen MR) is 99.8 cm³/mol. The van der Waals surface area contributed by atoms with Gasteiger partial charge in [0, 0.05) is 12.3 Å². The van der Waals surface area contributed by atoms with Gasteiger partial charge in [-0.2, -0.15) is 0 Å². The average molecular weight is 361 g/mol. The molecule has 0 aliphatic rings. The molecular formula is C21H11BF3NO. The molecule has 4 rings (SSSR count). The van der Waals surface area contributed by atoms with Crippen molar-refractivity contribution in [2.75, 3.05) is 0 Å². The Bertz CT molecular complexity index is 1210. The summed E-state index contributed by atoms with van der Waals surface area (Å²) in [5, 5.41) is 0. The number of nitrogens with zero attached hydrogens (tertiary/aromatic N) is 1. The molecule has 2 aromatic carbocycles. The van der Waals surface area contributed by atoms with E-state index in [0.717, 1.165) is 12.1 Å². The molecule has 0 saturated heterocycles. The van der Waals surface area contributed by atoms with Crippen molar-refractivity contribution in [3.05, 3.63) is 94.5 Å². The molecule has 2 radical (unpaired) electrons. The zero-order valence-corrected chi connectivity index (χ0v) is 13.9. The van der Waals surface area contributed by atoms with Gasteiger partial charge in [-0.25, -0.2) is 13.2 Å². The van der Waals surface area contributed by atoms with Crippen LogP contribution in [0.4, 0.5) is 13.2 Å². The fraction of sp³-hybridized carbons (Fsp3) is 0. The zero-order valence-electron chi connectivity index (χ0n) is 13.9. The monoisotopic (exact) mass is 361 g/mol. The first-order valence-corrected chi connectivity index (χ1v) is 8.11. The minimum Gasteiger partial charge on any atom is -0.316 e. The summed E-state index contributed by atoms with van der Waals surface area (Å²) in [5.74, 6) is -2.20. The first-order valence-electron chi connectivity index (χ1n) is 8.11. The molecule has 130 valence electrons. The van der Waals surface area contributed by atoms with Gasteiger partial charge in [-0.1, -0.05) is 11.5 Å². The lowest BCUT2D eigenvalue weighted by molar-refractivity contribution is 0.591. The molecule has 0 aliphatic carbocycles. The summed E-state index contributed by atoms with van der Waals surface area (Å²) >= 11 is 0. The average Bonchev–Trinajstić information content (AvgIpc) is 2.63. The summed E-state index contributed by atoms with van der Waals surface area (Å²) in [4.78, 5) is 12.5. The second-order valence-electron chi connectivity index (χ2n) is 6.09. The lowest BCUT2D eigenvalue weighted by Crippen LogP contribution is -2.13. The molecule has 0 spiro atoms. The van der Waals surface area contributed by atoms with Crippen molar-refractivity contribution in [1.82, 2.24) is 4.40 Å². The Balaban J connectivity index is 2.07. The van der Waals surface area contributed by atoms with Crippen LogP contribution >= 0.6 is 0 Å². The lowest BCUT2D eigenvalue weighted by atomic mass is 9.92. The third kappa shape index (κ3) is 2.93. The van der Waals surface area contributed by atoms with Gasteiger partial charge in [0.25, 0.3) is 0 Å². The maximum atomic E-state index is 14.5. The minimum atomic E-state index is -0.912. The molecule has 2 nitrogen and oxygen atoms in total. The Hall–Kier alpha value is -3.28. The van der Waals surface area contributed by atoms with Crippen molar-refractivity contribution in [2.24, 2.45) is 0 Å². The van der Waals surface area contributed by atoms with Crippen LogP contribution in [-0.2, 0) is 0 Å². The molecule has 0 atom stereocenters. The standard InChI is InChI=1S/C21H11BF3NO/c22-13-10-15(24)20(16(25)11-13)21-18-3-1-2-17(26(18)9-8-19(21)27)12-4-6-14(23)7-5-12/h1-11H. The largest absolute Gasteiger partial charge is 0.316 e. The molecule has 0 amide bonds. The summed E-state index contributed by atoms with van der Waals surface area (Å²) in [6.07, 6.45) is 1.52. The predicted octanol–water partition coefficient (Wildman–Crippen LogP) is 3.84. The van der Waals surface area contributed by atoms with Crippen molar-refractivity contribution in [3.8, 4) is 22.4 Å². The number of hydrogen-bond acceptors (Lipinski definition) is 1. The van der Waals surface area contributed by atoms with E-state index in [2.05, 4.69) is 0 Å². The highest BCUT2D eigenvalue weighted by molar-refractivity contribution is 6.32. The maximum Gasteiger partial charge on any atom is 0.190 e. The van der Waals surface area contributed by atoms with E-state index < -0.39 is 22.6 Å². The van der Waals surface area contributed by atoms with Crippen molar-refractivity contribution in [1.29, 1.82) is 0 Å². The highest BCUT2D eigenvalue weighted by atomic mass is 19.1. The Labute approximate surface area is 153 Å². The molecule has 2 heterocycles. The summed E-state index contributed by atoms with van der Waals surface area (Å²) in [6, 6.07) is 14.0. The fourth-order valence-electron chi connectivity index (χ4n) is 3.18. The summed E-state index contributed by atoms with van der Waals surface area (Å²) in [5.41, 5.74) is 0.543. The molecule has 27 heavy (non-hydrogen) atoms. The summed E-state index contributed by atoms with van der Waals surface area (Å²) in [6.45, 7) is 0. The molecule has 4 aromatic rings. The number of hydrogen-bond donors (Lipinski definition) is 0. The van der Waals surface area contributed by atoms with E-state index in [1.165, 1.54) is 24.4 Å². The maximum absolute atomic E-state index is 14.5. The van der Waals surface area contributed by atoms with Gasteiger partial charge in [-0.05, 0) is 54.1 Å². The van der Waals surface area contributed by atoms with E-state index >= 15 is 0 Å². The molecule has 0 unspecified atom stereocenters. The second kappa shape index (κ2) is 6.47. The Morgan fingerprint density at radius 3 is 2.15 bits per heavy atom. The Morgan fingerprint density at radius 2 is 1.48 bits per heavy atom.